The van der Waals surface area contributed by atoms with Crippen LogP contribution in [0.25, 0.3) is 0 Å². The lowest BCUT2D eigenvalue weighted by molar-refractivity contribution is -0.153. The Balaban J connectivity index is 3.18. The second-order valence-corrected chi connectivity index (χ2v) is 9.98. The Labute approximate surface area is 214 Å². The molecule has 0 saturated heterocycles. The number of nitrogens with two attached hydrogens (primary N) is 1. The molecule has 0 bridgehead atoms. The lowest BCUT2D eigenvalue weighted by Crippen LogP contribution is -2.51. The number of rotatable bonds is 14. The van der Waals surface area contributed by atoms with E-state index in [9.17, 15) is 19.2 Å². The molecule has 1 aromatic rings. The maximum absolute atomic E-state index is 12.6. The van der Waals surface area contributed by atoms with E-state index in [0.29, 0.717) is 12.0 Å². The standard InChI is InChI=1S/C27H41NO8/c1-8-19(6)25(31)34-12-11-27(28,26(32)33-7)16-20-9-10-21(35-23(29)13-17(2)3)22(15-20)36-24(30)14-18(4)5/h9-10,15,17-19H,8,11-14,16,28H2,1-7H3/t19-,27?/m0/s1. The summed E-state index contributed by atoms with van der Waals surface area (Å²) in [6.07, 6.45) is 1.04. The lowest BCUT2D eigenvalue weighted by Gasteiger charge is -2.27. The molecule has 0 fully saturated rings. The van der Waals surface area contributed by atoms with Crippen LogP contribution in [-0.2, 0) is 35.1 Å². The summed E-state index contributed by atoms with van der Waals surface area (Å²) >= 11 is 0. The number of esters is 4. The molecule has 2 N–H and O–H groups in total. The zero-order valence-corrected chi connectivity index (χ0v) is 22.6. The van der Waals surface area contributed by atoms with Crippen LogP contribution in [0.15, 0.2) is 18.2 Å². The highest BCUT2D eigenvalue weighted by atomic mass is 16.6. The van der Waals surface area contributed by atoms with E-state index in [2.05, 4.69) is 0 Å². The Hall–Kier alpha value is -2.94. The van der Waals surface area contributed by atoms with E-state index in [0.717, 1.165) is 0 Å². The van der Waals surface area contributed by atoms with Crippen molar-refractivity contribution in [2.75, 3.05) is 13.7 Å². The Morgan fingerprint density at radius 3 is 1.97 bits per heavy atom. The van der Waals surface area contributed by atoms with Gasteiger partial charge in [0.05, 0.1) is 19.6 Å². The summed E-state index contributed by atoms with van der Waals surface area (Å²) in [6, 6.07) is 4.66. The summed E-state index contributed by atoms with van der Waals surface area (Å²) in [5.41, 5.74) is 5.46. The van der Waals surface area contributed by atoms with Gasteiger partial charge in [-0.15, -0.1) is 0 Å². The first-order valence-electron chi connectivity index (χ1n) is 12.4. The van der Waals surface area contributed by atoms with Crippen LogP contribution in [0.4, 0.5) is 0 Å². The normalized spacial score (nSPS) is 13.6. The van der Waals surface area contributed by atoms with Gasteiger partial charge >= 0.3 is 23.9 Å². The van der Waals surface area contributed by atoms with Crippen LogP contribution in [-0.4, -0.2) is 43.1 Å². The van der Waals surface area contributed by atoms with Crippen molar-refractivity contribution in [2.45, 2.75) is 79.2 Å². The van der Waals surface area contributed by atoms with E-state index in [1.165, 1.54) is 19.2 Å². The van der Waals surface area contributed by atoms with Crippen molar-refractivity contribution in [3.8, 4) is 11.5 Å². The molecule has 9 heteroatoms. The molecule has 0 aromatic heterocycles. The summed E-state index contributed by atoms with van der Waals surface area (Å²) in [5.74, 6) is -1.90. The number of carbonyl (C=O) groups excluding carboxylic acids is 4. The molecule has 0 spiro atoms. The van der Waals surface area contributed by atoms with Crippen LogP contribution in [0.5, 0.6) is 11.5 Å². The molecule has 0 aliphatic heterocycles. The van der Waals surface area contributed by atoms with Crippen LogP contribution < -0.4 is 15.2 Å². The van der Waals surface area contributed by atoms with E-state index < -0.39 is 23.4 Å². The fourth-order valence-corrected chi connectivity index (χ4v) is 3.29. The van der Waals surface area contributed by atoms with Crippen molar-refractivity contribution in [1.29, 1.82) is 0 Å². The van der Waals surface area contributed by atoms with Gasteiger partial charge in [0.25, 0.3) is 0 Å². The minimum Gasteiger partial charge on any atom is -0.468 e. The molecule has 1 aromatic carbocycles. The maximum atomic E-state index is 12.6. The first-order valence-corrected chi connectivity index (χ1v) is 12.4. The minimum atomic E-state index is -1.50. The quantitative estimate of drug-likeness (QED) is 0.293. The average molecular weight is 508 g/mol. The Kier molecular flexibility index (Phi) is 12.6. The van der Waals surface area contributed by atoms with Crippen LogP contribution >= 0.6 is 0 Å². The monoisotopic (exact) mass is 507 g/mol. The molecule has 0 saturated carbocycles. The van der Waals surface area contributed by atoms with Crippen LogP contribution in [0, 0.1) is 17.8 Å². The highest BCUT2D eigenvalue weighted by molar-refractivity contribution is 5.81. The molecule has 2 atom stereocenters. The number of carbonyl (C=O) groups is 4. The van der Waals surface area contributed by atoms with Crippen molar-refractivity contribution in [3.63, 3.8) is 0 Å². The second kappa shape index (κ2) is 14.6. The van der Waals surface area contributed by atoms with Gasteiger partial charge in [-0.3, -0.25) is 19.2 Å². The Morgan fingerprint density at radius 2 is 1.47 bits per heavy atom. The molecule has 0 radical (unpaired) electrons. The van der Waals surface area contributed by atoms with E-state index in [-0.39, 0.29) is 67.5 Å². The van der Waals surface area contributed by atoms with Gasteiger partial charge < -0.3 is 24.7 Å². The average Bonchev–Trinajstić information content (AvgIpc) is 2.78. The van der Waals surface area contributed by atoms with Gasteiger partial charge in [0.15, 0.2) is 11.5 Å². The van der Waals surface area contributed by atoms with Crippen molar-refractivity contribution in [3.05, 3.63) is 23.8 Å². The number of hydrogen-bond acceptors (Lipinski definition) is 9. The summed E-state index contributed by atoms with van der Waals surface area (Å²) < 4.78 is 21.1. The topological polar surface area (TPSA) is 131 Å². The molecule has 0 aliphatic carbocycles. The first-order chi connectivity index (χ1) is 16.8. The largest absolute Gasteiger partial charge is 0.468 e. The number of benzene rings is 1. The fourth-order valence-electron chi connectivity index (χ4n) is 3.29. The molecule has 36 heavy (non-hydrogen) atoms. The zero-order valence-electron chi connectivity index (χ0n) is 22.6. The SMILES string of the molecule is CC[C@H](C)C(=O)OCCC(N)(Cc1ccc(OC(=O)CC(C)C)c(OC(=O)CC(C)C)c1)C(=O)OC. The third kappa shape index (κ3) is 10.4. The van der Waals surface area contributed by atoms with Gasteiger partial charge in [0.2, 0.25) is 0 Å². The third-order valence-electron chi connectivity index (χ3n) is 5.52. The summed E-state index contributed by atoms with van der Waals surface area (Å²) in [6.45, 7) is 11.1. The number of ether oxygens (including phenoxy) is 4. The predicted octanol–water partition coefficient (Wildman–Crippen LogP) is 3.98. The second-order valence-electron chi connectivity index (χ2n) is 9.98. The molecule has 0 aliphatic rings. The third-order valence-corrected chi connectivity index (χ3v) is 5.52. The molecule has 1 unspecified atom stereocenters. The molecule has 0 amide bonds. The highest BCUT2D eigenvalue weighted by Crippen LogP contribution is 2.31. The lowest BCUT2D eigenvalue weighted by atomic mass is 9.88. The summed E-state index contributed by atoms with van der Waals surface area (Å²) in [7, 11) is 1.23. The van der Waals surface area contributed by atoms with Crippen molar-refractivity contribution in [1.82, 2.24) is 0 Å². The molecule has 9 nitrogen and oxygen atoms in total. The Bertz CT molecular complexity index is 911. The van der Waals surface area contributed by atoms with Gasteiger partial charge in [-0.05, 0) is 36.0 Å². The smallest absolute Gasteiger partial charge is 0.326 e. The zero-order chi connectivity index (χ0) is 27.5. The van der Waals surface area contributed by atoms with E-state index in [1.807, 2.05) is 34.6 Å². The maximum Gasteiger partial charge on any atom is 0.326 e. The molecular formula is C27H41NO8. The van der Waals surface area contributed by atoms with E-state index in [1.54, 1.807) is 13.0 Å². The molecular weight excluding hydrogens is 466 g/mol. The number of hydrogen-bond donors (Lipinski definition) is 1. The van der Waals surface area contributed by atoms with Crippen LogP contribution in [0.3, 0.4) is 0 Å². The van der Waals surface area contributed by atoms with E-state index >= 15 is 0 Å². The Morgan fingerprint density at radius 1 is 0.917 bits per heavy atom. The van der Waals surface area contributed by atoms with Gasteiger partial charge in [-0.25, -0.2) is 0 Å². The van der Waals surface area contributed by atoms with Gasteiger partial charge in [0, 0.05) is 25.7 Å². The summed E-state index contributed by atoms with van der Waals surface area (Å²) in [5, 5.41) is 0. The van der Waals surface area contributed by atoms with E-state index in [4.69, 9.17) is 24.7 Å². The first kappa shape index (κ1) is 31.1. The van der Waals surface area contributed by atoms with Crippen LogP contribution in [0.1, 0.15) is 72.8 Å². The molecule has 0 heterocycles. The fraction of sp³-hybridized carbons (Fsp3) is 0.630. The molecule has 202 valence electrons. The van der Waals surface area contributed by atoms with Crippen LogP contribution in [0.2, 0.25) is 0 Å². The summed E-state index contributed by atoms with van der Waals surface area (Å²) in [4.78, 5) is 49.2. The molecule has 1 rings (SSSR count). The highest BCUT2D eigenvalue weighted by Gasteiger charge is 2.36. The van der Waals surface area contributed by atoms with Crippen molar-refractivity contribution in [2.24, 2.45) is 23.5 Å². The minimum absolute atomic E-state index is 0.00943. The predicted molar refractivity (Wildman–Crippen MR) is 134 cm³/mol. The number of methoxy groups -OCH3 is 1. The van der Waals surface area contributed by atoms with Gasteiger partial charge in [0.1, 0.15) is 5.54 Å². The van der Waals surface area contributed by atoms with Crippen molar-refractivity contribution < 1.29 is 38.1 Å². The van der Waals surface area contributed by atoms with Gasteiger partial charge in [-0.1, -0.05) is 47.6 Å². The van der Waals surface area contributed by atoms with Gasteiger partial charge in [-0.2, -0.15) is 0 Å². The van der Waals surface area contributed by atoms with Crippen molar-refractivity contribution >= 4 is 23.9 Å².